The van der Waals surface area contributed by atoms with Gasteiger partial charge in [0, 0.05) is 17.3 Å². The van der Waals surface area contributed by atoms with Crippen LogP contribution in [0.4, 0.5) is 11.4 Å². The molecule has 2 aromatic carbocycles. The first kappa shape index (κ1) is 14.9. The van der Waals surface area contributed by atoms with Crippen molar-refractivity contribution in [1.82, 2.24) is 0 Å². The van der Waals surface area contributed by atoms with Crippen LogP contribution in [0.3, 0.4) is 0 Å². The van der Waals surface area contributed by atoms with E-state index in [2.05, 4.69) is 11.9 Å². The van der Waals surface area contributed by atoms with Gasteiger partial charge in [0.2, 0.25) is 0 Å². The van der Waals surface area contributed by atoms with E-state index >= 15 is 0 Å². The maximum atomic E-state index is 12.1. The molecular weight excluding hydrogens is 288 g/mol. The van der Waals surface area contributed by atoms with E-state index < -0.39 is 0 Å². The Bertz CT molecular complexity index is 671. The van der Waals surface area contributed by atoms with E-state index in [1.54, 1.807) is 42.5 Å². The van der Waals surface area contributed by atoms with Gasteiger partial charge in [-0.05, 0) is 30.3 Å². The van der Waals surface area contributed by atoms with E-state index in [0.29, 0.717) is 34.3 Å². The van der Waals surface area contributed by atoms with Crippen LogP contribution in [-0.2, 0) is 0 Å². The molecule has 0 aliphatic rings. The van der Waals surface area contributed by atoms with Crippen LogP contribution in [0.25, 0.3) is 0 Å². The zero-order valence-electron chi connectivity index (χ0n) is 11.3. The van der Waals surface area contributed by atoms with Gasteiger partial charge in [0.15, 0.2) is 0 Å². The molecule has 1 amide bonds. The summed E-state index contributed by atoms with van der Waals surface area (Å²) in [5, 5.41) is 3.20. The Morgan fingerprint density at radius 3 is 2.86 bits per heavy atom. The minimum absolute atomic E-state index is 0.265. The van der Waals surface area contributed by atoms with E-state index in [0.717, 1.165) is 0 Å². The zero-order chi connectivity index (χ0) is 15.2. The van der Waals surface area contributed by atoms with Crippen molar-refractivity contribution in [3.05, 3.63) is 65.7 Å². The summed E-state index contributed by atoms with van der Waals surface area (Å²) < 4.78 is 5.41. The molecule has 0 aliphatic carbocycles. The molecule has 0 radical (unpaired) electrons. The third kappa shape index (κ3) is 4.00. The van der Waals surface area contributed by atoms with Gasteiger partial charge in [0.1, 0.15) is 12.4 Å². The Balaban J connectivity index is 2.11. The fraction of sp³-hybridized carbons (Fsp3) is 0.0625. The Labute approximate surface area is 128 Å². The predicted molar refractivity (Wildman–Crippen MR) is 86.0 cm³/mol. The monoisotopic (exact) mass is 302 g/mol. The highest BCUT2D eigenvalue weighted by Crippen LogP contribution is 2.21. The lowest BCUT2D eigenvalue weighted by Crippen LogP contribution is -2.12. The van der Waals surface area contributed by atoms with Gasteiger partial charge >= 0.3 is 0 Å². The van der Waals surface area contributed by atoms with Crippen LogP contribution < -0.4 is 15.8 Å². The highest BCUT2D eigenvalue weighted by molar-refractivity contribution is 6.33. The Hall–Kier alpha value is -2.46. The third-order valence-electron chi connectivity index (χ3n) is 2.72. The van der Waals surface area contributed by atoms with Crippen LogP contribution in [0.2, 0.25) is 5.02 Å². The summed E-state index contributed by atoms with van der Waals surface area (Å²) in [6.45, 7) is 3.99. The SMILES string of the molecule is C=CCOc1cccc(NC(=O)c2ccc(Cl)c(N)c2)c1. The van der Waals surface area contributed by atoms with Gasteiger partial charge in [0.05, 0.1) is 10.7 Å². The van der Waals surface area contributed by atoms with Gasteiger partial charge in [-0.2, -0.15) is 0 Å². The van der Waals surface area contributed by atoms with Crippen molar-refractivity contribution >= 4 is 28.9 Å². The average Bonchev–Trinajstić information content (AvgIpc) is 2.48. The predicted octanol–water partition coefficient (Wildman–Crippen LogP) is 3.74. The van der Waals surface area contributed by atoms with Gasteiger partial charge in [-0.15, -0.1) is 0 Å². The lowest BCUT2D eigenvalue weighted by molar-refractivity contribution is 0.102. The highest BCUT2D eigenvalue weighted by Gasteiger charge is 2.08. The standard InChI is InChI=1S/C16H15ClN2O2/c1-2-8-21-13-5-3-4-12(10-13)19-16(20)11-6-7-14(17)15(18)9-11/h2-7,9-10H,1,8,18H2,(H,19,20). The molecule has 4 nitrogen and oxygen atoms in total. The van der Waals surface area contributed by atoms with Gasteiger partial charge in [0.25, 0.3) is 5.91 Å². The van der Waals surface area contributed by atoms with Crippen molar-refractivity contribution in [3.63, 3.8) is 0 Å². The van der Waals surface area contributed by atoms with E-state index in [9.17, 15) is 4.79 Å². The molecule has 2 rings (SSSR count). The molecule has 0 saturated heterocycles. The number of nitrogens with one attached hydrogen (secondary N) is 1. The Morgan fingerprint density at radius 1 is 1.33 bits per heavy atom. The molecule has 108 valence electrons. The minimum atomic E-state index is -0.265. The molecule has 21 heavy (non-hydrogen) atoms. The summed E-state index contributed by atoms with van der Waals surface area (Å²) in [7, 11) is 0. The summed E-state index contributed by atoms with van der Waals surface area (Å²) in [6.07, 6.45) is 1.65. The van der Waals surface area contributed by atoms with Crippen molar-refractivity contribution in [2.24, 2.45) is 0 Å². The first-order chi connectivity index (χ1) is 10.1. The summed E-state index contributed by atoms with van der Waals surface area (Å²) in [6, 6.07) is 11.9. The number of amides is 1. The summed E-state index contributed by atoms with van der Waals surface area (Å²) in [5.41, 5.74) is 7.13. The van der Waals surface area contributed by atoms with Crippen molar-refractivity contribution in [3.8, 4) is 5.75 Å². The van der Waals surface area contributed by atoms with Crippen LogP contribution in [-0.4, -0.2) is 12.5 Å². The molecule has 0 spiro atoms. The molecule has 2 aromatic rings. The third-order valence-corrected chi connectivity index (χ3v) is 3.06. The molecule has 3 N–H and O–H groups in total. The van der Waals surface area contributed by atoms with Crippen LogP contribution in [0.15, 0.2) is 55.1 Å². The van der Waals surface area contributed by atoms with E-state index in [1.165, 1.54) is 6.07 Å². The molecule has 0 bridgehead atoms. The van der Waals surface area contributed by atoms with E-state index in [-0.39, 0.29) is 5.91 Å². The number of benzene rings is 2. The van der Waals surface area contributed by atoms with Crippen molar-refractivity contribution in [2.75, 3.05) is 17.7 Å². The topological polar surface area (TPSA) is 64.3 Å². The first-order valence-electron chi connectivity index (χ1n) is 6.30. The van der Waals surface area contributed by atoms with Crippen molar-refractivity contribution < 1.29 is 9.53 Å². The number of ether oxygens (including phenoxy) is 1. The number of carbonyl (C=O) groups is 1. The fourth-order valence-corrected chi connectivity index (χ4v) is 1.82. The number of hydrogen-bond acceptors (Lipinski definition) is 3. The van der Waals surface area contributed by atoms with Gasteiger partial charge in [-0.25, -0.2) is 0 Å². The average molecular weight is 303 g/mol. The second kappa shape index (κ2) is 6.81. The second-order valence-electron chi connectivity index (χ2n) is 4.32. The normalized spacial score (nSPS) is 9.95. The maximum Gasteiger partial charge on any atom is 0.255 e. The van der Waals surface area contributed by atoms with E-state index in [1.807, 2.05) is 0 Å². The van der Waals surface area contributed by atoms with E-state index in [4.69, 9.17) is 22.1 Å². The number of anilines is 2. The Morgan fingerprint density at radius 2 is 2.14 bits per heavy atom. The number of halogens is 1. The van der Waals surface area contributed by atoms with Crippen LogP contribution in [0.5, 0.6) is 5.75 Å². The lowest BCUT2D eigenvalue weighted by Gasteiger charge is -2.09. The molecule has 0 saturated carbocycles. The zero-order valence-corrected chi connectivity index (χ0v) is 12.1. The van der Waals surface area contributed by atoms with Gasteiger partial charge < -0.3 is 15.8 Å². The summed E-state index contributed by atoms with van der Waals surface area (Å²) in [5.74, 6) is 0.391. The molecule has 0 aliphatic heterocycles. The molecule has 0 unspecified atom stereocenters. The number of nitrogens with two attached hydrogens (primary N) is 1. The Kier molecular flexibility index (Phi) is 4.85. The highest BCUT2D eigenvalue weighted by atomic mass is 35.5. The first-order valence-corrected chi connectivity index (χ1v) is 6.68. The fourth-order valence-electron chi connectivity index (χ4n) is 1.71. The largest absolute Gasteiger partial charge is 0.489 e. The maximum absolute atomic E-state index is 12.1. The summed E-state index contributed by atoms with van der Waals surface area (Å²) >= 11 is 5.83. The number of nitrogen functional groups attached to an aromatic ring is 1. The second-order valence-corrected chi connectivity index (χ2v) is 4.73. The molecule has 0 heterocycles. The number of hydrogen-bond donors (Lipinski definition) is 2. The molecule has 0 aromatic heterocycles. The van der Waals surface area contributed by atoms with Crippen molar-refractivity contribution in [2.45, 2.75) is 0 Å². The van der Waals surface area contributed by atoms with Crippen LogP contribution in [0, 0.1) is 0 Å². The molecular formula is C16H15ClN2O2. The van der Waals surface area contributed by atoms with Gasteiger partial charge in [-0.1, -0.05) is 30.3 Å². The number of rotatable bonds is 5. The van der Waals surface area contributed by atoms with Gasteiger partial charge in [-0.3, -0.25) is 4.79 Å². The van der Waals surface area contributed by atoms with Crippen LogP contribution >= 0.6 is 11.6 Å². The lowest BCUT2D eigenvalue weighted by atomic mass is 10.2. The smallest absolute Gasteiger partial charge is 0.255 e. The molecule has 0 atom stereocenters. The minimum Gasteiger partial charge on any atom is -0.489 e. The molecule has 0 fully saturated rings. The number of carbonyl (C=O) groups excluding carboxylic acids is 1. The molecule has 5 heteroatoms. The van der Waals surface area contributed by atoms with Crippen molar-refractivity contribution in [1.29, 1.82) is 0 Å². The van der Waals surface area contributed by atoms with Crippen LogP contribution in [0.1, 0.15) is 10.4 Å². The summed E-state index contributed by atoms with van der Waals surface area (Å²) in [4.78, 5) is 12.1. The quantitative estimate of drug-likeness (QED) is 0.653.